The highest BCUT2D eigenvalue weighted by Crippen LogP contribution is 2.32. The van der Waals surface area contributed by atoms with Gasteiger partial charge in [0.1, 0.15) is 11.3 Å². The first-order valence-electron chi connectivity index (χ1n) is 7.60. The van der Waals surface area contributed by atoms with Crippen molar-refractivity contribution in [3.05, 3.63) is 93.6 Å². The Hall–Kier alpha value is -2.65. The van der Waals surface area contributed by atoms with Crippen LogP contribution in [0.3, 0.4) is 0 Å². The summed E-state index contributed by atoms with van der Waals surface area (Å²) in [4.78, 5) is 12.5. The quantitative estimate of drug-likeness (QED) is 0.436. The van der Waals surface area contributed by atoms with Crippen molar-refractivity contribution >= 4 is 26.9 Å². The third-order valence-corrected chi connectivity index (χ3v) is 4.62. The molecule has 0 aliphatic carbocycles. The number of rotatable bonds is 2. The van der Waals surface area contributed by atoms with E-state index in [1.54, 1.807) is 6.07 Å². The van der Waals surface area contributed by atoms with E-state index in [1.165, 1.54) is 0 Å². The zero-order valence-corrected chi connectivity index (χ0v) is 14.3. The number of fused-ring (bicyclic) bond motifs is 1. The fourth-order valence-corrected chi connectivity index (χ4v) is 3.33. The van der Waals surface area contributed by atoms with Gasteiger partial charge in [0.05, 0.1) is 5.39 Å². The Balaban J connectivity index is 1.97. The Bertz CT molecular complexity index is 1070. The Morgan fingerprint density at radius 1 is 0.750 bits per heavy atom. The van der Waals surface area contributed by atoms with E-state index >= 15 is 0 Å². The van der Waals surface area contributed by atoms with Crippen LogP contribution in [0.1, 0.15) is 0 Å². The highest BCUT2D eigenvalue weighted by molar-refractivity contribution is 9.10. The van der Waals surface area contributed by atoms with Gasteiger partial charge in [0, 0.05) is 16.1 Å². The van der Waals surface area contributed by atoms with Crippen LogP contribution in [0.4, 0.5) is 0 Å². The molecule has 0 aliphatic rings. The van der Waals surface area contributed by atoms with Crippen molar-refractivity contribution in [2.45, 2.75) is 0 Å². The molecule has 0 atom stereocenters. The molecule has 4 rings (SSSR count). The lowest BCUT2D eigenvalue weighted by Gasteiger charge is -2.08. The van der Waals surface area contributed by atoms with Gasteiger partial charge < -0.3 is 4.42 Å². The second kappa shape index (κ2) is 6.10. The largest absolute Gasteiger partial charge is 0.456 e. The van der Waals surface area contributed by atoms with Crippen molar-refractivity contribution in [2.24, 2.45) is 0 Å². The van der Waals surface area contributed by atoms with Gasteiger partial charge in [-0.25, -0.2) is 0 Å². The van der Waals surface area contributed by atoms with E-state index in [9.17, 15) is 4.79 Å². The minimum absolute atomic E-state index is 0.0459. The minimum atomic E-state index is -0.0459. The molecule has 0 fully saturated rings. The van der Waals surface area contributed by atoms with Crippen LogP contribution in [0.5, 0.6) is 0 Å². The number of benzene rings is 3. The SMILES string of the molecule is O=c1cc(-c2ccccc2)oc2cc(-c3ccccc3)c(Br)cc12. The summed E-state index contributed by atoms with van der Waals surface area (Å²) in [6.07, 6.45) is 0. The smallest absolute Gasteiger partial charge is 0.193 e. The Morgan fingerprint density at radius 2 is 1.38 bits per heavy atom. The van der Waals surface area contributed by atoms with E-state index in [0.717, 1.165) is 21.2 Å². The fraction of sp³-hybridized carbons (Fsp3) is 0. The molecule has 0 aliphatic heterocycles. The number of halogens is 1. The van der Waals surface area contributed by atoms with Crippen LogP contribution < -0.4 is 5.43 Å². The van der Waals surface area contributed by atoms with Crippen LogP contribution in [0, 0.1) is 0 Å². The molecule has 3 aromatic carbocycles. The lowest BCUT2D eigenvalue weighted by atomic mass is 10.0. The van der Waals surface area contributed by atoms with Crippen molar-refractivity contribution in [1.29, 1.82) is 0 Å². The number of hydrogen-bond acceptors (Lipinski definition) is 2. The van der Waals surface area contributed by atoms with Crippen LogP contribution in [0.25, 0.3) is 33.4 Å². The summed E-state index contributed by atoms with van der Waals surface area (Å²) < 4.78 is 6.90. The van der Waals surface area contributed by atoms with Gasteiger partial charge in [-0.05, 0) is 23.3 Å². The molecule has 4 aromatic rings. The molecular weight excluding hydrogens is 364 g/mol. The first-order chi connectivity index (χ1) is 11.7. The summed E-state index contributed by atoms with van der Waals surface area (Å²) in [5, 5.41) is 0.571. The van der Waals surface area contributed by atoms with Crippen molar-refractivity contribution in [1.82, 2.24) is 0 Å². The number of hydrogen-bond donors (Lipinski definition) is 0. The van der Waals surface area contributed by atoms with Gasteiger partial charge in [0.15, 0.2) is 5.43 Å². The minimum Gasteiger partial charge on any atom is -0.456 e. The standard InChI is InChI=1S/C21H13BrO2/c22-18-11-17-19(23)13-20(15-9-5-2-6-10-15)24-21(17)12-16(18)14-7-3-1-4-8-14/h1-13H. The summed E-state index contributed by atoms with van der Waals surface area (Å²) in [6.45, 7) is 0. The topological polar surface area (TPSA) is 30.2 Å². The summed E-state index contributed by atoms with van der Waals surface area (Å²) >= 11 is 3.57. The summed E-state index contributed by atoms with van der Waals surface area (Å²) in [5.74, 6) is 0.578. The van der Waals surface area contributed by atoms with Crippen LogP contribution in [0.2, 0.25) is 0 Å². The second-order valence-electron chi connectivity index (χ2n) is 5.54. The molecule has 1 heterocycles. The zero-order chi connectivity index (χ0) is 16.5. The van der Waals surface area contributed by atoms with Gasteiger partial charge in [-0.2, -0.15) is 0 Å². The Labute approximate surface area is 147 Å². The molecule has 3 heteroatoms. The predicted molar refractivity (Wildman–Crippen MR) is 101 cm³/mol. The summed E-state index contributed by atoms with van der Waals surface area (Å²) in [5.41, 5.74) is 3.50. The van der Waals surface area contributed by atoms with Crippen molar-refractivity contribution in [2.75, 3.05) is 0 Å². The molecule has 0 saturated carbocycles. The molecule has 0 spiro atoms. The van der Waals surface area contributed by atoms with E-state index in [2.05, 4.69) is 15.9 Å². The monoisotopic (exact) mass is 376 g/mol. The van der Waals surface area contributed by atoms with Gasteiger partial charge in [-0.3, -0.25) is 4.79 Å². The lowest BCUT2D eigenvalue weighted by Crippen LogP contribution is -2.00. The Morgan fingerprint density at radius 3 is 2.04 bits per heavy atom. The third-order valence-electron chi connectivity index (χ3n) is 3.96. The second-order valence-corrected chi connectivity index (χ2v) is 6.39. The lowest BCUT2D eigenvalue weighted by molar-refractivity contribution is 0.619. The zero-order valence-electron chi connectivity index (χ0n) is 12.7. The molecule has 0 saturated heterocycles. The normalized spacial score (nSPS) is 10.9. The molecule has 1 aromatic heterocycles. The van der Waals surface area contributed by atoms with Crippen molar-refractivity contribution in [3.8, 4) is 22.5 Å². The maximum absolute atomic E-state index is 12.5. The van der Waals surface area contributed by atoms with E-state index in [0.29, 0.717) is 16.7 Å². The average molecular weight is 377 g/mol. The van der Waals surface area contributed by atoms with Crippen molar-refractivity contribution in [3.63, 3.8) is 0 Å². The maximum Gasteiger partial charge on any atom is 0.193 e. The van der Waals surface area contributed by atoms with Gasteiger partial charge in [0.2, 0.25) is 0 Å². The highest BCUT2D eigenvalue weighted by atomic mass is 79.9. The van der Waals surface area contributed by atoms with Crippen LogP contribution in [0.15, 0.2) is 92.5 Å². The van der Waals surface area contributed by atoms with Gasteiger partial charge in [0.25, 0.3) is 0 Å². The summed E-state index contributed by atoms with van der Waals surface area (Å²) in [6, 6.07) is 25.0. The first-order valence-corrected chi connectivity index (χ1v) is 8.40. The van der Waals surface area contributed by atoms with E-state index in [1.807, 2.05) is 72.8 Å². The molecular formula is C21H13BrO2. The van der Waals surface area contributed by atoms with Crippen LogP contribution in [-0.4, -0.2) is 0 Å². The van der Waals surface area contributed by atoms with Crippen LogP contribution >= 0.6 is 15.9 Å². The molecule has 0 radical (unpaired) electrons. The molecule has 0 unspecified atom stereocenters. The highest BCUT2D eigenvalue weighted by Gasteiger charge is 2.11. The maximum atomic E-state index is 12.5. The predicted octanol–water partition coefficient (Wildman–Crippen LogP) is 5.89. The van der Waals surface area contributed by atoms with E-state index in [-0.39, 0.29) is 5.43 Å². The van der Waals surface area contributed by atoms with Crippen LogP contribution in [-0.2, 0) is 0 Å². The van der Waals surface area contributed by atoms with Gasteiger partial charge in [-0.1, -0.05) is 76.6 Å². The van der Waals surface area contributed by atoms with Gasteiger partial charge >= 0.3 is 0 Å². The first kappa shape index (κ1) is 14.9. The van der Waals surface area contributed by atoms with E-state index in [4.69, 9.17) is 4.42 Å². The molecule has 0 bridgehead atoms. The average Bonchev–Trinajstić information content (AvgIpc) is 2.63. The molecule has 0 amide bonds. The van der Waals surface area contributed by atoms with E-state index < -0.39 is 0 Å². The van der Waals surface area contributed by atoms with Gasteiger partial charge in [-0.15, -0.1) is 0 Å². The molecule has 2 nitrogen and oxygen atoms in total. The Kier molecular flexibility index (Phi) is 3.79. The van der Waals surface area contributed by atoms with Crippen molar-refractivity contribution < 1.29 is 4.42 Å². The molecule has 24 heavy (non-hydrogen) atoms. The molecule has 0 N–H and O–H groups in total. The molecule has 116 valence electrons. The summed E-state index contributed by atoms with van der Waals surface area (Å²) in [7, 11) is 0. The third kappa shape index (κ3) is 2.68. The fourth-order valence-electron chi connectivity index (χ4n) is 2.76.